The zero-order chi connectivity index (χ0) is 13.8. The minimum atomic E-state index is -0.842. The highest BCUT2D eigenvalue weighted by molar-refractivity contribution is 5.76. The van der Waals surface area contributed by atoms with Crippen LogP contribution < -0.4 is 5.32 Å². The summed E-state index contributed by atoms with van der Waals surface area (Å²) in [5.41, 5.74) is 0. The summed E-state index contributed by atoms with van der Waals surface area (Å²) in [6, 6.07) is -0.127. The predicted molar refractivity (Wildman–Crippen MR) is 68.8 cm³/mol. The van der Waals surface area contributed by atoms with Crippen LogP contribution in [0.25, 0.3) is 0 Å². The van der Waals surface area contributed by atoms with Crippen LogP contribution >= 0.6 is 0 Å². The van der Waals surface area contributed by atoms with Crippen molar-refractivity contribution < 1.29 is 19.4 Å². The van der Waals surface area contributed by atoms with E-state index in [0.717, 1.165) is 12.8 Å². The van der Waals surface area contributed by atoms with E-state index in [0.29, 0.717) is 19.6 Å². The van der Waals surface area contributed by atoms with Gasteiger partial charge < -0.3 is 20.1 Å². The first-order valence-corrected chi connectivity index (χ1v) is 6.60. The van der Waals surface area contributed by atoms with Gasteiger partial charge in [0.25, 0.3) is 0 Å². The Bertz CT molecular complexity index is 377. The fraction of sp³-hybridized carbons (Fsp3) is 0.692. The monoisotopic (exact) mass is 268 g/mol. The van der Waals surface area contributed by atoms with Gasteiger partial charge in [0.05, 0.1) is 12.0 Å². The van der Waals surface area contributed by atoms with E-state index in [1.54, 1.807) is 24.1 Å². The first-order chi connectivity index (χ1) is 9.08. The van der Waals surface area contributed by atoms with Crippen LogP contribution in [0.2, 0.25) is 0 Å². The number of hydrogen-bond donors (Lipinski definition) is 2. The highest BCUT2D eigenvalue weighted by Crippen LogP contribution is 2.19. The highest BCUT2D eigenvalue weighted by atomic mass is 16.5. The quantitative estimate of drug-likeness (QED) is 0.743. The molecule has 1 aliphatic heterocycles. The van der Waals surface area contributed by atoms with Crippen LogP contribution in [0, 0.1) is 5.92 Å². The lowest BCUT2D eigenvalue weighted by molar-refractivity contribution is -0.140. The van der Waals surface area contributed by atoms with Gasteiger partial charge in [-0.15, -0.1) is 0 Å². The number of hydrogen-bond acceptors (Lipinski definition) is 3. The molecule has 6 heteroatoms. The number of carbonyl (C=O) groups excluding carboxylic acids is 1. The van der Waals surface area contributed by atoms with Crippen molar-refractivity contribution in [3.8, 4) is 0 Å². The lowest BCUT2D eigenvalue weighted by Crippen LogP contribution is -2.48. The van der Waals surface area contributed by atoms with E-state index in [-0.39, 0.29) is 18.1 Å². The maximum atomic E-state index is 12.1. The van der Waals surface area contributed by atoms with Crippen molar-refractivity contribution in [1.82, 2.24) is 10.2 Å². The molecular formula is C13H20N2O4. The molecule has 0 bridgehead atoms. The SMILES string of the molecule is CN(C(=O)NC1C=CC(C(=O)O)C1)C1CCOCC1. The molecule has 0 aromatic rings. The van der Waals surface area contributed by atoms with E-state index in [4.69, 9.17) is 9.84 Å². The minimum absolute atomic E-state index is 0.146. The number of urea groups is 1. The van der Waals surface area contributed by atoms with Crippen LogP contribution in [-0.4, -0.2) is 54.4 Å². The molecule has 0 radical (unpaired) electrons. The molecule has 19 heavy (non-hydrogen) atoms. The first-order valence-electron chi connectivity index (χ1n) is 6.60. The van der Waals surface area contributed by atoms with Gasteiger partial charge in [-0.2, -0.15) is 0 Å². The molecule has 1 heterocycles. The van der Waals surface area contributed by atoms with Crippen molar-refractivity contribution in [2.75, 3.05) is 20.3 Å². The molecule has 0 aromatic heterocycles. The van der Waals surface area contributed by atoms with Crippen LogP contribution in [-0.2, 0) is 9.53 Å². The second kappa shape index (κ2) is 6.06. The van der Waals surface area contributed by atoms with Gasteiger partial charge >= 0.3 is 12.0 Å². The van der Waals surface area contributed by atoms with E-state index >= 15 is 0 Å². The Morgan fingerprint density at radius 3 is 2.58 bits per heavy atom. The fourth-order valence-electron chi connectivity index (χ4n) is 2.49. The molecule has 0 spiro atoms. The Morgan fingerprint density at radius 2 is 2.00 bits per heavy atom. The molecule has 6 nitrogen and oxygen atoms in total. The standard InChI is InChI=1S/C13H20N2O4/c1-15(11-4-6-19-7-5-11)13(18)14-10-3-2-9(8-10)12(16)17/h2-3,9-11H,4-8H2,1H3,(H,14,18)(H,16,17). The van der Waals surface area contributed by atoms with Crippen molar-refractivity contribution in [2.24, 2.45) is 5.92 Å². The summed E-state index contributed by atoms with van der Waals surface area (Å²) in [6.45, 7) is 1.37. The summed E-state index contributed by atoms with van der Waals surface area (Å²) in [5, 5.41) is 11.7. The van der Waals surface area contributed by atoms with Gasteiger partial charge in [-0.05, 0) is 19.3 Å². The Hall–Kier alpha value is -1.56. The van der Waals surface area contributed by atoms with Gasteiger partial charge in [-0.1, -0.05) is 12.2 Å². The molecule has 0 saturated carbocycles. The van der Waals surface area contributed by atoms with E-state index in [9.17, 15) is 9.59 Å². The van der Waals surface area contributed by atoms with Gasteiger partial charge in [0.15, 0.2) is 0 Å². The number of nitrogens with one attached hydrogen (secondary N) is 1. The van der Waals surface area contributed by atoms with E-state index in [2.05, 4.69) is 5.32 Å². The molecule has 106 valence electrons. The van der Waals surface area contributed by atoms with Gasteiger partial charge in [0.1, 0.15) is 0 Å². The van der Waals surface area contributed by atoms with Gasteiger partial charge in [0.2, 0.25) is 0 Å². The number of carbonyl (C=O) groups is 2. The molecule has 1 saturated heterocycles. The molecule has 1 aliphatic carbocycles. The molecule has 2 atom stereocenters. The summed E-state index contributed by atoms with van der Waals surface area (Å²) < 4.78 is 5.27. The molecule has 2 unspecified atom stereocenters. The Balaban J connectivity index is 1.81. The maximum Gasteiger partial charge on any atom is 0.317 e. The molecule has 1 fully saturated rings. The highest BCUT2D eigenvalue weighted by Gasteiger charge is 2.28. The minimum Gasteiger partial charge on any atom is -0.481 e. The Morgan fingerprint density at radius 1 is 1.32 bits per heavy atom. The number of carboxylic acids is 1. The first kappa shape index (κ1) is 13.9. The molecule has 0 aromatic carbocycles. The van der Waals surface area contributed by atoms with Crippen molar-refractivity contribution in [3.05, 3.63) is 12.2 Å². The summed E-state index contributed by atoms with van der Waals surface area (Å²) in [4.78, 5) is 24.6. The zero-order valence-electron chi connectivity index (χ0n) is 11.0. The summed E-state index contributed by atoms with van der Waals surface area (Å²) in [7, 11) is 1.78. The van der Waals surface area contributed by atoms with Crippen LogP contribution in [0.15, 0.2) is 12.2 Å². The second-order valence-electron chi connectivity index (χ2n) is 5.08. The zero-order valence-corrected chi connectivity index (χ0v) is 11.0. The van der Waals surface area contributed by atoms with Crippen molar-refractivity contribution in [2.45, 2.75) is 31.3 Å². The van der Waals surface area contributed by atoms with Gasteiger partial charge in [0, 0.05) is 26.3 Å². The molecule has 2 N–H and O–H groups in total. The van der Waals surface area contributed by atoms with Crippen LogP contribution in [0.5, 0.6) is 0 Å². The fourth-order valence-corrected chi connectivity index (χ4v) is 2.49. The Kier molecular flexibility index (Phi) is 4.42. The summed E-state index contributed by atoms with van der Waals surface area (Å²) >= 11 is 0. The van der Waals surface area contributed by atoms with Crippen molar-refractivity contribution in [1.29, 1.82) is 0 Å². The smallest absolute Gasteiger partial charge is 0.317 e. The van der Waals surface area contributed by atoms with Crippen molar-refractivity contribution in [3.63, 3.8) is 0 Å². The van der Waals surface area contributed by atoms with Gasteiger partial charge in [-0.25, -0.2) is 4.79 Å². The third-order valence-electron chi connectivity index (χ3n) is 3.77. The van der Waals surface area contributed by atoms with E-state index in [1.807, 2.05) is 0 Å². The second-order valence-corrected chi connectivity index (χ2v) is 5.08. The largest absolute Gasteiger partial charge is 0.481 e. The van der Waals surface area contributed by atoms with Crippen LogP contribution in [0.4, 0.5) is 4.79 Å². The maximum absolute atomic E-state index is 12.1. The number of ether oxygens (including phenoxy) is 1. The summed E-state index contributed by atoms with van der Waals surface area (Å²) in [6.07, 6.45) is 5.53. The molecule has 2 amide bonds. The third kappa shape index (κ3) is 3.47. The molecule has 2 aliphatic rings. The van der Waals surface area contributed by atoms with Crippen LogP contribution in [0.1, 0.15) is 19.3 Å². The number of aliphatic carboxylic acids is 1. The lowest BCUT2D eigenvalue weighted by Gasteiger charge is -2.32. The number of amides is 2. The number of nitrogens with zero attached hydrogens (tertiary/aromatic N) is 1. The average Bonchev–Trinajstić information content (AvgIpc) is 2.87. The van der Waals surface area contributed by atoms with Crippen molar-refractivity contribution >= 4 is 12.0 Å². The number of rotatable bonds is 3. The van der Waals surface area contributed by atoms with E-state index < -0.39 is 11.9 Å². The summed E-state index contributed by atoms with van der Waals surface area (Å²) in [5.74, 6) is -1.33. The third-order valence-corrected chi connectivity index (χ3v) is 3.77. The lowest BCUT2D eigenvalue weighted by atomic mass is 10.1. The number of carboxylic acid groups (broad SMARTS) is 1. The topological polar surface area (TPSA) is 78.9 Å². The Labute approximate surface area is 112 Å². The van der Waals surface area contributed by atoms with Crippen LogP contribution in [0.3, 0.4) is 0 Å². The predicted octanol–water partition coefficient (Wildman–Crippen LogP) is 0.836. The van der Waals surface area contributed by atoms with E-state index in [1.165, 1.54) is 0 Å². The normalized spacial score (nSPS) is 27.2. The van der Waals surface area contributed by atoms with Gasteiger partial charge in [-0.3, -0.25) is 4.79 Å². The molecular weight excluding hydrogens is 248 g/mol. The molecule has 2 rings (SSSR count). The average molecular weight is 268 g/mol.